The van der Waals surface area contributed by atoms with E-state index in [1.165, 1.54) is 12.7 Å². The number of hydrogen-bond acceptors (Lipinski definition) is 3. The number of alkyl halides is 1. The van der Waals surface area contributed by atoms with Crippen molar-refractivity contribution in [3.63, 3.8) is 0 Å². The predicted octanol–water partition coefficient (Wildman–Crippen LogP) is 3.09. The van der Waals surface area contributed by atoms with E-state index in [2.05, 4.69) is 21.2 Å². The molecule has 5 heteroatoms. The first-order chi connectivity index (χ1) is 10.4. The molecular weight excluding hydrogens is 346 g/mol. The predicted molar refractivity (Wildman–Crippen MR) is 90.9 cm³/mol. The van der Waals surface area contributed by atoms with Crippen LogP contribution in [0.25, 0.3) is 0 Å². The molecule has 0 aromatic heterocycles. The first-order valence-electron chi connectivity index (χ1n) is 7.50. The summed E-state index contributed by atoms with van der Waals surface area (Å²) in [5.74, 6) is -0.278. The fourth-order valence-electron chi connectivity index (χ4n) is 2.16. The average Bonchev–Trinajstić information content (AvgIpc) is 2.51. The van der Waals surface area contributed by atoms with Gasteiger partial charge in [0.05, 0.1) is 11.9 Å². The van der Waals surface area contributed by atoms with Gasteiger partial charge in [0.25, 0.3) is 0 Å². The fourth-order valence-corrected chi connectivity index (χ4v) is 2.52. The molecule has 0 radical (unpaired) electrons. The van der Waals surface area contributed by atoms with Crippen molar-refractivity contribution in [1.29, 1.82) is 0 Å². The Hall–Kier alpha value is -1.36. The zero-order valence-corrected chi connectivity index (χ0v) is 14.9. The molecule has 0 saturated heterocycles. The summed E-state index contributed by atoms with van der Waals surface area (Å²) in [5, 5.41) is 2.77. The summed E-state index contributed by atoms with van der Waals surface area (Å²) in [7, 11) is 1.34. The van der Waals surface area contributed by atoms with Gasteiger partial charge in [0.1, 0.15) is 6.04 Å². The molecular formula is C17H24BrNO3. The summed E-state index contributed by atoms with van der Waals surface area (Å²) < 4.78 is 4.75. The van der Waals surface area contributed by atoms with Crippen molar-refractivity contribution in [2.45, 2.75) is 44.0 Å². The van der Waals surface area contributed by atoms with Gasteiger partial charge in [-0.3, -0.25) is 4.79 Å². The third-order valence-electron chi connectivity index (χ3n) is 3.32. The van der Waals surface area contributed by atoms with E-state index in [1.54, 1.807) is 0 Å². The van der Waals surface area contributed by atoms with Gasteiger partial charge in [0.15, 0.2) is 0 Å². The van der Waals surface area contributed by atoms with E-state index in [0.29, 0.717) is 18.8 Å². The third-order valence-corrected chi connectivity index (χ3v) is 4.20. The minimum Gasteiger partial charge on any atom is -0.467 e. The van der Waals surface area contributed by atoms with Crippen LogP contribution in [0.3, 0.4) is 0 Å². The van der Waals surface area contributed by atoms with E-state index in [0.717, 1.165) is 6.42 Å². The number of nitrogens with one attached hydrogen (secondary N) is 1. The van der Waals surface area contributed by atoms with Gasteiger partial charge in [0, 0.05) is 0 Å². The summed E-state index contributed by atoms with van der Waals surface area (Å²) in [6.45, 7) is 4.01. The summed E-state index contributed by atoms with van der Waals surface area (Å²) in [6.07, 6.45) is 2.04. The van der Waals surface area contributed by atoms with E-state index < -0.39 is 12.0 Å². The quantitative estimate of drug-likeness (QED) is 0.565. The topological polar surface area (TPSA) is 55.4 Å². The summed E-state index contributed by atoms with van der Waals surface area (Å²) in [4.78, 5) is 23.6. The summed E-state index contributed by atoms with van der Waals surface area (Å²) in [5.41, 5.74) is 1.19. The van der Waals surface area contributed by atoms with Crippen molar-refractivity contribution < 1.29 is 14.3 Å². The average molecular weight is 370 g/mol. The molecule has 0 saturated carbocycles. The number of methoxy groups -OCH3 is 1. The van der Waals surface area contributed by atoms with E-state index >= 15 is 0 Å². The molecule has 1 aromatic rings. The van der Waals surface area contributed by atoms with E-state index in [-0.39, 0.29) is 10.7 Å². The lowest BCUT2D eigenvalue weighted by molar-refractivity contribution is -0.145. The number of carbonyl (C=O) groups is 2. The van der Waals surface area contributed by atoms with E-state index in [4.69, 9.17) is 4.74 Å². The largest absolute Gasteiger partial charge is 0.467 e. The summed E-state index contributed by atoms with van der Waals surface area (Å²) in [6, 6.07) is 9.41. The van der Waals surface area contributed by atoms with Crippen LogP contribution in [0.4, 0.5) is 0 Å². The van der Waals surface area contributed by atoms with Gasteiger partial charge in [-0.05, 0) is 30.7 Å². The number of rotatable bonds is 8. The van der Waals surface area contributed by atoms with Gasteiger partial charge in [-0.25, -0.2) is 4.79 Å². The number of aryl methyl sites for hydroxylation is 1. The van der Waals surface area contributed by atoms with Crippen LogP contribution >= 0.6 is 15.9 Å². The molecule has 1 amide bonds. The standard InChI is InChI=1S/C17H24BrNO3/c1-12(2)11-15(17(21)22-3)19-16(20)14(18)10-9-13-7-5-4-6-8-13/h4-8,12,14-15H,9-11H2,1-3H3,(H,19,20)/t14?,15-/m0/s1. The number of amides is 1. The van der Waals surface area contributed by atoms with E-state index in [1.807, 2.05) is 44.2 Å². The second kappa shape index (κ2) is 9.62. The number of carbonyl (C=O) groups excluding carboxylic acids is 2. The van der Waals surface area contributed by atoms with Crippen LogP contribution in [0.5, 0.6) is 0 Å². The van der Waals surface area contributed by atoms with Crippen molar-refractivity contribution in [3.05, 3.63) is 35.9 Å². The number of hydrogen-bond donors (Lipinski definition) is 1. The molecule has 0 heterocycles. The van der Waals surface area contributed by atoms with Crippen LogP contribution in [0.1, 0.15) is 32.3 Å². The van der Waals surface area contributed by atoms with Crippen molar-refractivity contribution >= 4 is 27.8 Å². The highest BCUT2D eigenvalue weighted by Crippen LogP contribution is 2.13. The summed E-state index contributed by atoms with van der Waals surface area (Å²) >= 11 is 3.40. The van der Waals surface area contributed by atoms with Crippen LogP contribution in [0.2, 0.25) is 0 Å². The molecule has 1 N–H and O–H groups in total. The highest BCUT2D eigenvalue weighted by atomic mass is 79.9. The smallest absolute Gasteiger partial charge is 0.328 e. The van der Waals surface area contributed by atoms with Crippen molar-refractivity contribution in [3.8, 4) is 0 Å². The van der Waals surface area contributed by atoms with Crippen LogP contribution in [0.15, 0.2) is 30.3 Å². The van der Waals surface area contributed by atoms with Gasteiger partial charge in [-0.1, -0.05) is 60.1 Å². The first kappa shape index (κ1) is 18.7. The molecule has 0 aliphatic rings. The Morgan fingerprint density at radius 2 is 1.86 bits per heavy atom. The van der Waals surface area contributed by atoms with Crippen LogP contribution in [-0.4, -0.2) is 29.9 Å². The molecule has 1 rings (SSSR count). The van der Waals surface area contributed by atoms with Crippen molar-refractivity contribution in [2.24, 2.45) is 5.92 Å². The molecule has 22 heavy (non-hydrogen) atoms. The Morgan fingerprint density at radius 1 is 1.23 bits per heavy atom. The van der Waals surface area contributed by atoms with Crippen LogP contribution in [0, 0.1) is 5.92 Å². The van der Waals surface area contributed by atoms with Gasteiger partial charge in [-0.2, -0.15) is 0 Å². The fraction of sp³-hybridized carbons (Fsp3) is 0.529. The highest BCUT2D eigenvalue weighted by Gasteiger charge is 2.25. The Bertz CT molecular complexity index is 476. The maximum absolute atomic E-state index is 12.2. The number of halogens is 1. The SMILES string of the molecule is COC(=O)[C@H](CC(C)C)NC(=O)C(Br)CCc1ccccc1. The number of benzene rings is 1. The maximum Gasteiger partial charge on any atom is 0.328 e. The molecule has 0 aliphatic carbocycles. The first-order valence-corrected chi connectivity index (χ1v) is 8.41. The third kappa shape index (κ3) is 6.60. The van der Waals surface area contributed by atoms with Crippen molar-refractivity contribution in [1.82, 2.24) is 5.32 Å². The normalized spacial score (nSPS) is 13.5. The molecule has 1 aromatic carbocycles. The minimum atomic E-state index is -0.589. The molecule has 1 unspecified atom stereocenters. The van der Waals surface area contributed by atoms with Crippen LogP contribution < -0.4 is 5.32 Å². The van der Waals surface area contributed by atoms with Gasteiger partial charge in [-0.15, -0.1) is 0 Å². The lowest BCUT2D eigenvalue weighted by Crippen LogP contribution is -2.45. The second-order valence-corrected chi connectivity index (χ2v) is 6.81. The number of esters is 1. The molecule has 0 aliphatic heterocycles. The molecule has 0 bridgehead atoms. The van der Waals surface area contributed by atoms with E-state index in [9.17, 15) is 9.59 Å². The van der Waals surface area contributed by atoms with Gasteiger partial charge < -0.3 is 10.1 Å². The Balaban J connectivity index is 2.51. The number of ether oxygens (including phenoxy) is 1. The molecule has 0 fully saturated rings. The Kier molecular flexibility index (Phi) is 8.17. The van der Waals surface area contributed by atoms with Gasteiger partial charge >= 0.3 is 5.97 Å². The second-order valence-electron chi connectivity index (χ2n) is 5.71. The molecule has 0 spiro atoms. The Labute approximate surface area is 140 Å². The molecule has 122 valence electrons. The zero-order chi connectivity index (χ0) is 16.5. The maximum atomic E-state index is 12.2. The lowest BCUT2D eigenvalue weighted by Gasteiger charge is -2.20. The minimum absolute atomic E-state index is 0.174. The zero-order valence-electron chi connectivity index (χ0n) is 13.3. The highest BCUT2D eigenvalue weighted by molar-refractivity contribution is 9.10. The Morgan fingerprint density at radius 3 is 2.41 bits per heavy atom. The van der Waals surface area contributed by atoms with Crippen LogP contribution in [-0.2, 0) is 20.7 Å². The van der Waals surface area contributed by atoms with Gasteiger partial charge in [0.2, 0.25) is 5.91 Å². The monoisotopic (exact) mass is 369 g/mol. The van der Waals surface area contributed by atoms with Crippen molar-refractivity contribution in [2.75, 3.05) is 7.11 Å². The molecule has 2 atom stereocenters. The molecule has 4 nitrogen and oxygen atoms in total. The lowest BCUT2D eigenvalue weighted by atomic mass is 10.0.